The molecule has 3 rings (SSSR count). The standard InChI is InChI=1S/C20H21N3O4S/c21-28(26,27)17-7-5-15(6-8-17)11-13-22-19(24)9-10-20(25)23-14-12-16-3-1-2-4-18(16)23/h1-8,12,14H,9-11,13H2,(H,22,24)(H2,21,26,27). The van der Waals surface area contributed by atoms with Crippen LogP contribution in [0.15, 0.2) is 65.7 Å². The third kappa shape index (κ3) is 4.85. The van der Waals surface area contributed by atoms with E-state index in [4.69, 9.17) is 5.14 Å². The van der Waals surface area contributed by atoms with Crippen molar-refractivity contribution in [3.8, 4) is 0 Å². The number of sulfonamides is 1. The molecule has 2 aromatic carbocycles. The quantitative estimate of drug-likeness (QED) is 0.633. The van der Waals surface area contributed by atoms with Gasteiger partial charge in [-0.3, -0.25) is 14.2 Å². The molecule has 1 amide bonds. The molecule has 3 aromatic rings. The van der Waals surface area contributed by atoms with E-state index in [1.165, 1.54) is 12.1 Å². The average molecular weight is 399 g/mol. The zero-order valence-corrected chi connectivity index (χ0v) is 16.0. The number of hydrogen-bond acceptors (Lipinski definition) is 4. The van der Waals surface area contributed by atoms with Crippen LogP contribution in [-0.4, -0.2) is 31.3 Å². The van der Waals surface area contributed by atoms with Gasteiger partial charge in [0.1, 0.15) is 0 Å². The Morgan fingerprint density at radius 1 is 0.964 bits per heavy atom. The molecule has 7 nitrogen and oxygen atoms in total. The lowest BCUT2D eigenvalue weighted by Crippen LogP contribution is -2.26. The summed E-state index contributed by atoms with van der Waals surface area (Å²) >= 11 is 0. The van der Waals surface area contributed by atoms with E-state index < -0.39 is 10.0 Å². The third-order valence-corrected chi connectivity index (χ3v) is 5.35. The summed E-state index contributed by atoms with van der Waals surface area (Å²) in [5.41, 5.74) is 1.71. The van der Waals surface area contributed by atoms with E-state index in [9.17, 15) is 18.0 Å². The Morgan fingerprint density at radius 3 is 2.39 bits per heavy atom. The number of para-hydroxylation sites is 1. The highest BCUT2D eigenvalue weighted by atomic mass is 32.2. The summed E-state index contributed by atoms with van der Waals surface area (Å²) in [4.78, 5) is 24.4. The molecular weight excluding hydrogens is 378 g/mol. The highest BCUT2D eigenvalue weighted by molar-refractivity contribution is 7.89. The molecule has 0 radical (unpaired) electrons. The van der Waals surface area contributed by atoms with E-state index in [1.54, 1.807) is 22.9 Å². The number of carbonyl (C=O) groups is 2. The maximum absolute atomic E-state index is 12.4. The minimum Gasteiger partial charge on any atom is -0.356 e. The highest BCUT2D eigenvalue weighted by Crippen LogP contribution is 2.15. The van der Waals surface area contributed by atoms with E-state index >= 15 is 0 Å². The molecule has 0 aliphatic heterocycles. The Labute approximate surface area is 163 Å². The second kappa shape index (κ2) is 8.37. The number of fused-ring (bicyclic) bond motifs is 1. The summed E-state index contributed by atoms with van der Waals surface area (Å²) in [7, 11) is -3.71. The van der Waals surface area contributed by atoms with Crippen LogP contribution in [0.4, 0.5) is 0 Å². The summed E-state index contributed by atoms with van der Waals surface area (Å²) in [5.74, 6) is -0.332. The zero-order chi connectivity index (χ0) is 20.1. The second-order valence-electron chi connectivity index (χ2n) is 6.43. The number of rotatable bonds is 7. The fraction of sp³-hybridized carbons (Fsp3) is 0.200. The van der Waals surface area contributed by atoms with Crippen LogP contribution in [0.1, 0.15) is 23.2 Å². The maximum atomic E-state index is 12.4. The first kappa shape index (κ1) is 19.8. The van der Waals surface area contributed by atoms with Gasteiger partial charge in [0.15, 0.2) is 0 Å². The van der Waals surface area contributed by atoms with Gasteiger partial charge in [0.2, 0.25) is 21.8 Å². The van der Waals surface area contributed by atoms with Crippen molar-refractivity contribution in [1.29, 1.82) is 0 Å². The van der Waals surface area contributed by atoms with Gasteiger partial charge >= 0.3 is 0 Å². The molecule has 28 heavy (non-hydrogen) atoms. The van der Waals surface area contributed by atoms with Crippen molar-refractivity contribution in [2.75, 3.05) is 6.54 Å². The summed E-state index contributed by atoms with van der Waals surface area (Å²) in [5, 5.41) is 8.81. The van der Waals surface area contributed by atoms with Gasteiger partial charge in [-0.1, -0.05) is 30.3 Å². The van der Waals surface area contributed by atoms with Crippen LogP contribution >= 0.6 is 0 Å². The van der Waals surface area contributed by atoms with Crippen molar-refractivity contribution >= 4 is 32.7 Å². The Hall–Kier alpha value is -2.97. The number of nitrogens with one attached hydrogen (secondary N) is 1. The lowest BCUT2D eigenvalue weighted by Gasteiger charge is -2.07. The van der Waals surface area contributed by atoms with Crippen molar-refractivity contribution in [3.05, 3.63) is 66.4 Å². The number of benzene rings is 2. The molecular formula is C20H21N3O4S. The number of amides is 1. The van der Waals surface area contributed by atoms with Gasteiger partial charge in [0.05, 0.1) is 10.4 Å². The molecule has 0 aliphatic carbocycles. The molecule has 0 spiro atoms. The molecule has 0 bridgehead atoms. The molecule has 0 aliphatic rings. The number of hydrogen-bond donors (Lipinski definition) is 2. The monoisotopic (exact) mass is 399 g/mol. The first-order valence-electron chi connectivity index (χ1n) is 8.82. The predicted molar refractivity (Wildman–Crippen MR) is 106 cm³/mol. The average Bonchev–Trinajstić information content (AvgIpc) is 3.10. The van der Waals surface area contributed by atoms with Gasteiger partial charge in [0, 0.05) is 31.0 Å². The zero-order valence-electron chi connectivity index (χ0n) is 15.2. The lowest BCUT2D eigenvalue weighted by atomic mass is 10.1. The number of nitrogens with two attached hydrogens (primary N) is 1. The van der Waals surface area contributed by atoms with Crippen molar-refractivity contribution in [2.24, 2.45) is 5.14 Å². The topological polar surface area (TPSA) is 111 Å². The lowest BCUT2D eigenvalue weighted by molar-refractivity contribution is -0.121. The van der Waals surface area contributed by atoms with E-state index in [1.807, 2.05) is 30.3 Å². The van der Waals surface area contributed by atoms with Crippen molar-refractivity contribution in [2.45, 2.75) is 24.2 Å². The number of aromatic nitrogens is 1. The fourth-order valence-electron chi connectivity index (χ4n) is 2.92. The first-order valence-corrected chi connectivity index (χ1v) is 10.4. The Balaban J connectivity index is 1.45. The normalized spacial score (nSPS) is 11.5. The van der Waals surface area contributed by atoms with Crippen LogP contribution in [0.3, 0.4) is 0 Å². The van der Waals surface area contributed by atoms with Crippen LogP contribution in [0.25, 0.3) is 10.9 Å². The molecule has 1 heterocycles. The minimum atomic E-state index is -3.71. The maximum Gasteiger partial charge on any atom is 0.238 e. The summed E-state index contributed by atoms with van der Waals surface area (Å²) in [6.07, 6.45) is 2.49. The van der Waals surface area contributed by atoms with Gasteiger partial charge in [-0.15, -0.1) is 0 Å². The van der Waals surface area contributed by atoms with Crippen LogP contribution in [-0.2, 0) is 21.2 Å². The van der Waals surface area contributed by atoms with Crippen molar-refractivity contribution in [1.82, 2.24) is 9.88 Å². The smallest absolute Gasteiger partial charge is 0.238 e. The van der Waals surface area contributed by atoms with Gasteiger partial charge < -0.3 is 5.32 Å². The predicted octanol–water partition coefficient (Wildman–Crippen LogP) is 2.07. The number of carbonyl (C=O) groups excluding carboxylic acids is 2. The molecule has 0 fully saturated rings. The molecule has 3 N–H and O–H groups in total. The third-order valence-electron chi connectivity index (χ3n) is 4.42. The van der Waals surface area contributed by atoms with Crippen molar-refractivity contribution < 1.29 is 18.0 Å². The van der Waals surface area contributed by atoms with Gasteiger partial charge in [-0.25, -0.2) is 13.6 Å². The van der Waals surface area contributed by atoms with E-state index in [-0.39, 0.29) is 29.6 Å². The van der Waals surface area contributed by atoms with Crippen LogP contribution < -0.4 is 10.5 Å². The molecule has 0 atom stereocenters. The fourth-order valence-corrected chi connectivity index (χ4v) is 3.44. The summed E-state index contributed by atoms with van der Waals surface area (Å²) in [6, 6.07) is 15.6. The van der Waals surface area contributed by atoms with Crippen LogP contribution in [0.2, 0.25) is 0 Å². The summed E-state index contributed by atoms with van der Waals surface area (Å²) < 4.78 is 24.0. The highest BCUT2D eigenvalue weighted by Gasteiger charge is 2.11. The second-order valence-corrected chi connectivity index (χ2v) is 7.99. The molecule has 146 valence electrons. The molecule has 0 unspecified atom stereocenters. The van der Waals surface area contributed by atoms with Gasteiger partial charge in [-0.05, 0) is 36.2 Å². The van der Waals surface area contributed by atoms with Gasteiger partial charge in [0.25, 0.3) is 0 Å². The van der Waals surface area contributed by atoms with E-state index in [0.717, 1.165) is 16.5 Å². The Bertz CT molecular complexity index is 1100. The van der Waals surface area contributed by atoms with Crippen molar-refractivity contribution in [3.63, 3.8) is 0 Å². The number of nitrogens with zero attached hydrogens (tertiary/aromatic N) is 1. The molecule has 0 saturated heterocycles. The van der Waals surface area contributed by atoms with E-state index in [0.29, 0.717) is 13.0 Å². The molecule has 8 heteroatoms. The first-order chi connectivity index (χ1) is 13.3. The van der Waals surface area contributed by atoms with Crippen LogP contribution in [0.5, 0.6) is 0 Å². The molecule has 0 saturated carbocycles. The van der Waals surface area contributed by atoms with Crippen LogP contribution in [0, 0.1) is 0 Å². The Kier molecular flexibility index (Phi) is 5.91. The minimum absolute atomic E-state index is 0.0522. The molecule has 1 aromatic heterocycles. The SMILES string of the molecule is NS(=O)(=O)c1ccc(CCNC(=O)CCC(=O)n2ccc3ccccc32)cc1. The Morgan fingerprint density at radius 2 is 1.68 bits per heavy atom. The summed E-state index contributed by atoms with van der Waals surface area (Å²) in [6.45, 7) is 0.397. The number of primary sulfonamides is 1. The largest absolute Gasteiger partial charge is 0.356 e. The van der Waals surface area contributed by atoms with Gasteiger partial charge in [-0.2, -0.15) is 0 Å². The van der Waals surface area contributed by atoms with E-state index in [2.05, 4.69) is 5.32 Å².